The van der Waals surface area contributed by atoms with Gasteiger partial charge in [-0.25, -0.2) is 4.89 Å². The number of ether oxygens (including phenoxy) is 1. The second-order valence-electron chi connectivity index (χ2n) is 1.64. The van der Waals surface area contributed by atoms with Crippen molar-refractivity contribution >= 4 is 18.0 Å². The zero-order valence-corrected chi connectivity index (χ0v) is 7.63. The molecule has 0 spiro atoms. The first-order valence-electron chi connectivity index (χ1n) is 3.06. The SMILES string of the molecule is C=COC(=O)C(C)SOOOC. The summed E-state index contributed by atoms with van der Waals surface area (Å²) in [6.45, 7) is 4.82. The van der Waals surface area contributed by atoms with Crippen molar-refractivity contribution in [1.29, 1.82) is 0 Å². The third kappa shape index (κ3) is 5.14. The Balaban J connectivity index is 3.49. The Morgan fingerprint density at radius 2 is 2.33 bits per heavy atom. The van der Waals surface area contributed by atoms with Crippen LogP contribution in [0.15, 0.2) is 12.8 Å². The Hall–Kier alpha value is -0.560. The highest BCUT2D eigenvalue weighted by Crippen LogP contribution is 2.13. The van der Waals surface area contributed by atoms with Gasteiger partial charge in [0, 0.05) is 12.0 Å². The van der Waals surface area contributed by atoms with Gasteiger partial charge in [0.15, 0.2) is 0 Å². The van der Waals surface area contributed by atoms with Crippen LogP contribution in [0.5, 0.6) is 0 Å². The van der Waals surface area contributed by atoms with Gasteiger partial charge in [-0.3, -0.25) is 4.79 Å². The molecule has 0 saturated carbocycles. The van der Waals surface area contributed by atoms with Crippen LogP contribution in [0.1, 0.15) is 6.92 Å². The number of esters is 1. The average Bonchev–Trinajstić information content (AvgIpc) is 2.05. The van der Waals surface area contributed by atoms with Gasteiger partial charge >= 0.3 is 5.97 Å². The van der Waals surface area contributed by atoms with Gasteiger partial charge in [-0.05, 0) is 6.92 Å². The lowest BCUT2D eigenvalue weighted by atomic mass is 10.5. The molecule has 0 aromatic heterocycles. The Bertz CT molecular complexity index is 149. The molecular formula is C6H10O5S. The van der Waals surface area contributed by atoms with E-state index < -0.39 is 11.2 Å². The van der Waals surface area contributed by atoms with E-state index >= 15 is 0 Å². The van der Waals surface area contributed by atoms with E-state index in [-0.39, 0.29) is 0 Å². The summed E-state index contributed by atoms with van der Waals surface area (Å²) < 4.78 is 8.83. The van der Waals surface area contributed by atoms with Crippen LogP contribution in [0.25, 0.3) is 0 Å². The van der Waals surface area contributed by atoms with Crippen LogP contribution < -0.4 is 0 Å². The normalized spacial score (nSPS) is 12.2. The monoisotopic (exact) mass is 194 g/mol. The predicted octanol–water partition coefficient (Wildman–Crippen LogP) is 1.22. The molecule has 0 aromatic carbocycles. The fourth-order valence-corrected chi connectivity index (χ4v) is 0.660. The lowest BCUT2D eigenvalue weighted by molar-refractivity contribution is -0.447. The molecule has 0 fully saturated rings. The van der Waals surface area contributed by atoms with Gasteiger partial charge in [-0.15, -0.1) is 4.33 Å². The fraction of sp³-hybridized carbons (Fsp3) is 0.500. The van der Waals surface area contributed by atoms with E-state index in [1.165, 1.54) is 7.11 Å². The molecule has 0 radical (unpaired) electrons. The van der Waals surface area contributed by atoms with Crippen molar-refractivity contribution in [3.8, 4) is 0 Å². The number of hydrogen-bond donors (Lipinski definition) is 0. The van der Waals surface area contributed by atoms with E-state index in [2.05, 4.69) is 25.6 Å². The Morgan fingerprint density at radius 1 is 1.67 bits per heavy atom. The van der Waals surface area contributed by atoms with Gasteiger partial charge in [-0.2, -0.15) is 0 Å². The summed E-state index contributed by atoms with van der Waals surface area (Å²) in [5.41, 5.74) is 0. The second kappa shape index (κ2) is 7.11. The second-order valence-corrected chi connectivity index (χ2v) is 2.68. The molecule has 12 heavy (non-hydrogen) atoms. The molecule has 0 N–H and O–H groups in total. The summed E-state index contributed by atoms with van der Waals surface area (Å²) in [6, 6.07) is 0. The lowest BCUT2D eigenvalue weighted by Crippen LogP contribution is -2.14. The third-order valence-electron chi connectivity index (χ3n) is 0.811. The quantitative estimate of drug-likeness (QED) is 0.158. The van der Waals surface area contributed by atoms with Crippen LogP contribution >= 0.6 is 12.0 Å². The van der Waals surface area contributed by atoms with Gasteiger partial charge in [0.25, 0.3) is 0 Å². The zero-order chi connectivity index (χ0) is 9.40. The van der Waals surface area contributed by atoms with Crippen molar-refractivity contribution in [2.45, 2.75) is 12.2 Å². The minimum Gasteiger partial charge on any atom is -0.434 e. The largest absolute Gasteiger partial charge is 0.434 e. The van der Waals surface area contributed by atoms with E-state index in [4.69, 9.17) is 0 Å². The van der Waals surface area contributed by atoms with Crippen LogP contribution in [0, 0.1) is 0 Å². The molecule has 0 bridgehead atoms. The minimum atomic E-state index is -0.502. The molecule has 0 aliphatic carbocycles. The van der Waals surface area contributed by atoms with Gasteiger partial charge in [-0.1, -0.05) is 11.6 Å². The van der Waals surface area contributed by atoms with E-state index in [0.29, 0.717) is 0 Å². The molecule has 0 aliphatic rings. The smallest absolute Gasteiger partial charge is 0.326 e. The van der Waals surface area contributed by atoms with Crippen molar-refractivity contribution in [2.24, 2.45) is 0 Å². The van der Waals surface area contributed by atoms with Crippen molar-refractivity contribution in [3.63, 3.8) is 0 Å². The highest BCUT2D eigenvalue weighted by atomic mass is 32.2. The number of hydrogen-bond acceptors (Lipinski definition) is 6. The Labute approximate surface area is 74.7 Å². The molecule has 6 heteroatoms. The first kappa shape index (κ1) is 11.4. The van der Waals surface area contributed by atoms with Crippen molar-refractivity contribution in [1.82, 2.24) is 0 Å². The van der Waals surface area contributed by atoms with Gasteiger partial charge in [0.2, 0.25) is 0 Å². The molecule has 1 unspecified atom stereocenters. The molecule has 0 amide bonds. The summed E-state index contributed by atoms with van der Waals surface area (Å²) in [7, 11) is 1.29. The standard InChI is InChI=1S/C6H10O5S/c1-4-9-6(7)5(2)12-11-10-8-3/h4-5H,1H2,2-3H3. The van der Waals surface area contributed by atoms with Crippen molar-refractivity contribution < 1.29 is 23.8 Å². The first-order valence-corrected chi connectivity index (χ1v) is 3.87. The summed E-state index contributed by atoms with van der Waals surface area (Å²) >= 11 is 0.779. The van der Waals surface area contributed by atoms with Crippen LogP contribution in [0.3, 0.4) is 0 Å². The maximum absolute atomic E-state index is 10.8. The molecule has 0 aromatic rings. The molecule has 0 aliphatic heterocycles. The topological polar surface area (TPSA) is 54.0 Å². The molecular weight excluding hydrogens is 184 g/mol. The summed E-state index contributed by atoms with van der Waals surface area (Å²) in [4.78, 5) is 15.0. The molecule has 0 rings (SSSR count). The van der Waals surface area contributed by atoms with Crippen LogP contribution in [-0.4, -0.2) is 18.3 Å². The van der Waals surface area contributed by atoms with Crippen LogP contribution in [-0.2, 0) is 23.8 Å². The molecule has 5 nitrogen and oxygen atoms in total. The molecule has 1 atom stereocenters. The highest BCUT2D eigenvalue weighted by molar-refractivity contribution is 7.95. The van der Waals surface area contributed by atoms with Crippen LogP contribution in [0.2, 0.25) is 0 Å². The number of rotatable bonds is 6. The maximum atomic E-state index is 10.8. The summed E-state index contributed by atoms with van der Waals surface area (Å²) in [6.07, 6.45) is 1.05. The Kier molecular flexibility index (Phi) is 6.78. The van der Waals surface area contributed by atoms with E-state index in [1.54, 1.807) is 6.92 Å². The third-order valence-corrected chi connectivity index (χ3v) is 1.43. The Morgan fingerprint density at radius 3 is 2.83 bits per heavy atom. The predicted molar refractivity (Wildman–Crippen MR) is 42.5 cm³/mol. The minimum absolute atomic E-state index is 0.463. The van der Waals surface area contributed by atoms with Crippen LogP contribution in [0.4, 0.5) is 0 Å². The maximum Gasteiger partial charge on any atom is 0.326 e. The fourth-order valence-electron chi connectivity index (χ4n) is 0.320. The number of carbonyl (C=O) groups excluding carboxylic acids is 1. The van der Waals surface area contributed by atoms with Gasteiger partial charge in [0.05, 0.1) is 13.4 Å². The van der Waals surface area contributed by atoms with Crippen molar-refractivity contribution in [3.05, 3.63) is 12.8 Å². The average molecular weight is 194 g/mol. The summed E-state index contributed by atoms with van der Waals surface area (Å²) in [5, 5.41) is 3.56. The molecule has 0 heterocycles. The van der Waals surface area contributed by atoms with E-state index in [0.717, 1.165) is 18.3 Å². The number of carbonyl (C=O) groups is 1. The van der Waals surface area contributed by atoms with Crippen molar-refractivity contribution in [2.75, 3.05) is 7.11 Å². The van der Waals surface area contributed by atoms with Gasteiger partial charge < -0.3 is 4.74 Å². The molecule has 0 saturated heterocycles. The van der Waals surface area contributed by atoms with E-state index in [9.17, 15) is 4.79 Å². The zero-order valence-electron chi connectivity index (χ0n) is 6.81. The summed E-state index contributed by atoms with van der Waals surface area (Å²) in [5.74, 6) is -0.463. The van der Waals surface area contributed by atoms with E-state index in [1.807, 2.05) is 0 Å². The lowest BCUT2D eigenvalue weighted by Gasteiger charge is -2.05. The van der Waals surface area contributed by atoms with Gasteiger partial charge in [0.1, 0.15) is 5.25 Å². The first-order chi connectivity index (χ1) is 5.72. The molecule has 70 valence electrons. The highest BCUT2D eigenvalue weighted by Gasteiger charge is 2.15.